The Labute approximate surface area is 127 Å². The predicted octanol–water partition coefficient (Wildman–Crippen LogP) is 3.64. The number of hydrogen-bond donors (Lipinski definition) is 1. The summed E-state index contributed by atoms with van der Waals surface area (Å²) in [6, 6.07) is 3.96. The zero-order chi connectivity index (χ0) is 14.5. The Balaban J connectivity index is 2.07. The molecule has 0 aliphatic rings. The van der Waals surface area contributed by atoms with Gasteiger partial charge in [-0.15, -0.1) is 11.3 Å². The Kier molecular flexibility index (Phi) is 5.20. The van der Waals surface area contributed by atoms with Gasteiger partial charge in [0, 0.05) is 11.4 Å². The van der Waals surface area contributed by atoms with Crippen LogP contribution in [0.5, 0.6) is 0 Å². The molecule has 0 radical (unpaired) electrons. The molecule has 0 aliphatic carbocycles. The summed E-state index contributed by atoms with van der Waals surface area (Å²) in [6.45, 7) is 5.19. The average Bonchev–Trinajstić information content (AvgIpc) is 3.02. The molecule has 0 saturated carbocycles. The van der Waals surface area contributed by atoms with E-state index in [0.717, 1.165) is 24.3 Å². The maximum absolute atomic E-state index is 12.2. The summed E-state index contributed by atoms with van der Waals surface area (Å²) >= 11 is 7.88. The van der Waals surface area contributed by atoms with Crippen molar-refractivity contribution in [1.29, 1.82) is 0 Å². The van der Waals surface area contributed by atoms with Gasteiger partial charge in [-0.05, 0) is 24.8 Å². The van der Waals surface area contributed by atoms with Gasteiger partial charge in [-0.3, -0.25) is 9.48 Å². The van der Waals surface area contributed by atoms with Crippen LogP contribution in [0.1, 0.15) is 40.7 Å². The molecule has 1 N–H and O–H groups in total. The molecule has 0 atom stereocenters. The molecule has 0 spiro atoms. The van der Waals surface area contributed by atoms with Gasteiger partial charge in [-0.2, -0.15) is 5.10 Å². The van der Waals surface area contributed by atoms with Gasteiger partial charge in [0.25, 0.3) is 5.91 Å². The summed E-state index contributed by atoms with van der Waals surface area (Å²) < 4.78 is 1.71. The van der Waals surface area contributed by atoms with Crippen molar-refractivity contribution in [2.45, 2.75) is 39.8 Å². The molecule has 2 heterocycles. The van der Waals surface area contributed by atoms with Gasteiger partial charge < -0.3 is 5.32 Å². The van der Waals surface area contributed by atoms with E-state index in [1.54, 1.807) is 16.0 Å². The molecule has 6 heteroatoms. The molecule has 0 aliphatic heterocycles. The molecule has 0 unspecified atom stereocenters. The Morgan fingerprint density at radius 3 is 3.00 bits per heavy atom. The van der Waals surface area contributed by atoms with E-state index in [1.165, 1.54) is 0 Å². The highest BCUT2D eigenvalue weighted by Gasteiger charge is 2.19. The molecule has 4 nitrogen and oxygen atoms in total. The van der Waals surface area contributed by atoms with E-state index in [1.807, 2.05) is 24.4 Å². The monoisotopic (exact) mass is 311 g/mol. The SMILES string of the molecule is CCCCn1nc(C)c(C(=O)NCc2cccs2)c1Cl. The van der Waals surface area contributed by atoms with Gasteiger partial charge in [-0.25, -0.2) is 0 Å². The Hall–Kier alpha value is -1.33. The summed E-state index contributed by atoms with van der Waals surface area (Å²) in [4.78, 5) is 13.3. The number of nitrogens with one attached hydrogen (secondary N) is 1. The van der Waals surface area contributed by atoms with Crippen molar-refractivity contribution in [1.82, 2.24) is 15.1 Å². The first kappa shape index (κ1) is 15.1. The van der Waals surface area contributed by atoms with Crippen molar-refractivity contribution in [2.75, 3.05) is 0 Å². The van der Waals surface area contributed by atoms with Gasteiger partial charge in [0.15, 0.2) is 0 Å². The van der Waals surface area contributed by atoms with Crippen molar-refractivity contribution in [3.05, 3.63) is 38.8 Å². The van der Waals surface area contributed by atoms with Crippen LogP contribution >= 0.6 is 22.9 Å². The minimum absolute atomic E-state index is 0.163. The zero-order valence-corrected chi connectivity index (χ0v) is 13.2. The lowest BCUT2D eigenvalue weighted by molar-refractivity contribution is 0.0951. The van der Waals surface area contributed by atoms with Crippen molar-refractivity contribution in [2.24, 2.45) is 0 Å². The van der Waals surface area contributed by atoms with Crippen LogP contribution in [-0.4, -0.2) is 15.7 Å². The first-order valence-corrected chi connectivity index (χ1v) is 7.92. The number of amides is 1. The molecule has 108 valence electrons. The summed E-state index contributed by atoms with van der Waals surface area (Å²) in [7, 11) is 0. The molecule has 2 aromatic rings. The second kappa shape index (κ2) is 6.90. The molecule has 0 fully saturated rings. The lowest BCUT2D eigenvalue weighted by atomic mass is 10.2. The number of aromatic nitrogens is 2. The third kappa shape index (κ3) is 3.41. The second-order valence-electron chi connectivity index (χ2n) is 4.59. The second-order valence-corrected chi connectivity index (χ2v) is 5.98. The van der Waals surface area contributed by atoms with Crippen LogP contribution in [0.3, 0.4) is 0 Å². The molecular weight excluding hydrogens is 294 g/mol. The van der Waals surface area contributed by atoms with Gasteiger partial charge in [0.2, 0.25) is 0 Å². The zero-order valence-electron chi connectivity index (χ0n) is 11.6. The summed E-state index contributed by atoms with van der Waals surface area (Å²) in [5.74, 6) is -0.163. The number of aryl methyl sites for hydroxylation is 2. The van der Waals surface area contributed by atoms with E-state index < -0.39 is 0 Å². The largest absolute Gasteiger partial charge is 0.347 e. The number of hydrogen-bond acceptors (Lipinski definition) is 3. The highest BCUT2D eigenvalue weighted by Crippen LogP contribution is 2.20. The minimum Gasteiger partial charge on any atom is -0.347 e. The standard InChI is InChI=1S/C14H18ClN3OS/c1-3-4-7-18-13(15)12(10(2)17-18)14(19)16-9-11-6-5-8-20-11/h5-6,8H,3-4,7,9H2,1-2H3,(H,16,19). The normalized spacial score (nSPS) is 10.8. The quantitative estimate of drug-likeness (QED) is 0.885. The Morgan fingerprint density at radius 2 is 2.35 bits per heavy atom. The first-order valence-electron chi connectivity index (χ1n) is 6.67. The van der Waals surface area contributed by atoms with Gasteiger partial charge in [0.1, 0.15) is 5.15 Å². The van der Waals surface area contributed by atoms with E-state index in [2.05, 4.69) is 17.3 Å². The first-order chi connectivity index (χ1) is 9.63. The molecule has 1 amide bonds. The van der Waals surface area contributed by atoms with Crippen LogP contribution < -0.4 is 5.32 Å². The number of rotatable bonds is 6. The van der Waals surface area contributed by atoms with E-state index in [4.69, 9.17) is 11.6 Å². The molecule has 0 aromatic carbocycles. The molecule has 2 rings (SSSR count). The average molecular weight is 312 g/mol. The number of nitrogens with zero attached hydrogens (tertiary/aromatic N) is 2. The lowest BCUT2D eigenvalue weighted by Gasteiger charge is -2.04. The van der Waals surface area contributed by atoms with Crippen LogP contribution in [0.2, 0.25) is 5.15 Å². The van der Waals surface area contributed by atoms with E-state index in [9.17, 15) is 4.79 Å². The summed E-state index contributed by atoms with van der Waals surface area (Å²) in [5, 5.41) is 9.65. The summed E-state index contributed by atoms with van der Waals surface area (Å²) in [5.41, 5.74) is 1.16. The maximum atomic E-state index is 12.2. The van der Waals surface area contributed by atoms with Crippen molar-refractivity contribution in [3.8, 4) is 0 Å². The van der Waals surface area contributed by atoms with Gasteiger partial charge >= 0.3 is 0 Å². The van der Waals surface area contributed by atoms with Gasteiger partial charge in [0.05, 0.1) is 17.8 Å². The van der Waals surface area contributed by atoms with Crippen LogP contribution in [0.15, 0.2) is 17.5 Å². The third-order valence-electron chi connectivity index (χ3n) is 3.02. The number of carbonyl (C=O) groups excluding carboxylic acids is 1. The fraction of sp³-hybridized carbons (Fsp3) is 0.429. The highest BCUT2D eigenvalue weighted by atomic mass is 35.5. The lowest BCUT2D eigenvalue weighted by Crippen LogP contribution is -2.23. The molecular formula is C14H18ClN3OS. The fourth-order valence-electron chi connectivity index (χ4n) is 1.94. The smallest absolute Gasteiger partial charge is 0.256 e. The third-order valence-corrected chi connectivity index (χ3v) is 4.28. The van der Waals surface area contributed by atoms with Crippen LogP contribution in [0.4, 0.5) is 0 Å². The Morgan fingerprint density at radius 1 is 1.55 bits per heavy atom. The van der Waals surface area contributed by atoms with Gasteiger partial charge in [-0.1, -0.05) is 31.0 Å². The molecule has 0 bridgehead atoms. The van der Waals surface area contributed by atoms with E-state index in [0.29, 0.717) is 23.0 Å². The number of unbranched alkanes of at least 4 members (excludes halogenated alkanes) is 1. The highest BCUT2D eigenvalue weighted by molar-refractivity contribution is 7.09. The minimum atomic E-state index is -0.163. The summed E-state index contributed by atoms with van der Waals surface area (Å²) in [6.07, 6.45) is 2.06. The van der Waals surface area contributed by atoms with Crippen molar-refractivity contribution < 1.29 is 4.79 Å². The van der Waals surface area contributed by atoms with Crippen LogP contribution in [0, 0.1) is 6.92 Å². The maximum Gasteiger partial charge on any atom is 0.256 e. The number of carbonyl (C=O) groups is 1. The number of halogens is 1. The molecule has 0 saturated heterocycles. The fourth-order valence-corrected chi connectivity index (χ4v) is 2.93. The number of thiophene rings is 1. The van der Waals surface area contributed by atoms with Crippen LogP contribution in [0.25, 0.3) is 0 Å². The predicted molar refractivity (Wildman–Crippen MR) is 82.4 cm³/mol. The van der Waals surface area contributed by atoms with Crippen LogP contribution in [-0.2, 0) is 13.1 Å². The molecule has 20 heavy (non-hydrogen) atoms. The molecule has 2 aromatic heterocycles. The van der Waals surface area contributed by atoms with Crippen molar-refractivity contribution in [3.63, 3.8) is 0 Å². The van der Waals surface area contributed by atoms with E-state index >= 15 is 0 Å². The topological polar surface area (TPSA) is 46.9 Å². The Bertz CT molecular complexity index is 578. The van der Waals surface area contributed by atoms with E-state index in [-0.39, 0.29) is 5.91 Å². The van der Waals surface area contributed by atoms with Crippen molar-refractivity contribution >= 4 is 28.8 Å².